The van der Waals surface area contributed by atoms with Crippen LogP contribution < -0.4 is 4.90 Å². The number of anilines is 1. The lowest BCUT2D eigenvalue weighted by Crippen LogP contribution is -2.38. The first-order chi connectivity index (χ1) is 7.36. The normalized spacial score (nSPS) is 19.3. The highest BCUT2D eigenvalue weighted by atomic mass is 32.2. The molecule has 3 rings (SSSR count). The van der Waals surface area contributed by atoms with Gasteiger partial charge in [-0.05, 0) is 30.3 Å². The van der Waals surface area contributed by atoms with Crippen molar-refractivity contribution in [1.29, 1.82) is 5.41 Å². The van der Waals surface area contributed by atoms with E-state index in [9.17, 15) is 0 Å². The summed E-state index contributed by atoms with van der Waals surface area (Å²) in [5, 5.41) is 9.39. The highest BCUT2D eigenvalue weighted by Crippen LogP contribution is 2.32. The van der Waals surface area contributed by atoms with Gasteiger partial charge in [0.25, 0.3) is 0 Å². The minimum absolute atomic E-state index is 0.551. The van der Waals surface area contributed by atoms with Crippen molar-refractivity contribution >= 4 is 27.8 Å². The second-order valence-corrected chi connectivity index (χ2v) is 4.45. The molecule has 0 spiro atoms. The van der Waals surface area contributed by atoms with E-state index in [0.29, 0.717) is 5.04 Å². The van der Waals surface area contributed by atoms with E-state index in [2.05, 4.69) is 14.9 Å². The number of hydrogen-bond donors (Lipinski definition) is 1. The molecule has 0 aliphatic carbocycles. The molecule has 3 heterocycles. The summed E-state index contributed by atoms with van der Waals surface area (Å²) in [6.07, 6.45) is 2.84. The van der Waals surface area contributed by atoms with E-state index in [1.807, 2.05) is 12.1 Å². The second kappa shape index (κ2) is 3.34. The first kappa shape index (κ1) is 8.91. The Kier molecular flexibility index (Phi) is 1.98. The molecule has 0 amide bonds. The zero-order valence-electron chi connectivity index (χ0n) is 8.10. The van der Waals surface area contributed by atoms with Crippen molar-refractivity contribution < 1.29 is 0 Å². The maximum absolute atomic E-state index is 7.91. The number of nitrogens with zero attached hydrogens (tertiary/aromatic N) is 3. The molecule has 0 aromatic carbocycles. The molecule has 15 heavy (non-hydrogen) atoms. The Morgan fingerprint density at radius 3 is 3.33 bits per heavy atom. The Morgan fingerprint density at radius 1 is 1.47 bits per heavy atom. The molecule has 0 atom stereocenters. The molecule has 76 valence electrons. The van der Waals surface area contributed by atoms with Gasteiger partial charge in [0.05, 0.1) is 0 Å². The van der Waals surface area contributed by atoms with Gasteiger partial charge in [-0.15, -0.1) is 0 Å². The number of pyridine rings is 1. The SMILES string of the molecule is N=C1SC2=NCCCN2c2ncccc21. The summed E-state index contributed by atoms with van der Waals surface area (Å²) in [7, 11) is 0. The molecule has 0 fully saturated rings. The van der Waals surface area contributed by atoms with E-state index in [1.165, 1.54) is 11.8 Å². The third kappa shape index (κ3) is 1.34. The topological polar surface area (TPSA) is 52.3 Å². The molecule has 1 aromatic rings. The number of aliphatic imine (C=N–C) groups is 1. The van der Waals surface area contributed by atoms with Crippen LogP contribution in [0.3, 0.4) is 0 Å². The molecule has 1 aromatic heterocycles. The lowest BCUT2D eigenvalue weighted by atomic mass is 10.2. The molecule has 1 N–H and O–H groups in total. The quantitative estimate of drug-likeness (QED) is 0.721. The second-order valence-electron chi connectivity index (χ2n) is 3.48. The zero-order valence-corrected chi connectivity index (χ0v) is 8.92. The molecular weight excluding hydrogens is 208 g/mol. The van der Waals surface area contributed by atoms with Crippen LogP contribution in [0.25, 0.3) is 0 Å². The fourth-order valence-electron chi connectivity index (χ4n) is 1.80. The minimum atomic E-state index is 0.551. The van der Waals surface area contributed by atoms with Gasteiger partial charge < -0.3 is 4.90 Å². The maximum atomic E-state index is 7.91. The first-order valence-electron chi connectivity index (χ1n) is 4.90. The average Bonchev–Trinajstić information content (AvgIpc) is 2.30. The highest BCUT2D eigenvalue weighted by Gasteiger charge is 2.29. The summed E-state index contributed by atoms with van der Waals surface area (Å²) in [4.78, 5) is 10.9. The third-order valence-corrected chi connectivity index (χ3v) is 3.45. The molecule has 0 bridgehead atoms. The van der Waals surface area contributed by atoms with Crippen molar-refractivity contribution in [3.63, 3.8) is 0 Å². The van der Waals surface area contributed by atoms with Gasteiger partial charge in [0, 0.05) is 24.8 Å². The van der Waals surface area contributed by atoms with Gasteiger partial charge in [-0.1, -0.05) is 0 Å². The van der Waals surface area contributed by atoms with Crippen molar-refractivity contribution in [3.8, 4) is 0 Å². The summed E-state index contributed by atoms with van der Waals surface area (Å²) in [5.41, 5.74) is 0.920. The highest BCUT2D eigenvalue weighted by molar-refractivity contribution is 8.27. The number of rotatable bonds is 0. The van der Waals surface area contributed by atoms with Crippen LogP contribution in [0.1, 0.15) is 12.0 Å². The Labute approximate surface area is 91.9 Å². The number of nitrogens with one attached hydrogen (secondary N) is 1. The van der Waals surface area contributed by atoms with Gasteiger partial charge in [0.15, 0.2) is 5.17 Å². The van der Waals surface area contributed by atoms with Crippen LogP contribution in [-0.2, 0) is 0 Å². The summed E-state index contributed by atoms with van der Waals surface area (Å²) in [6, 6.07) is 3.82. The minimum Gasteiger partial charge on any atom is -0.305 e. The molecule has 2 aliphatic heterocycles. The van der Waals surface area contributed by atoms with Crippen LogP contribution in [-0.4, -0.2) is 28.3 Å². The molecule has 4 nitrogen and oxygen atoms in total. The first-order valence-corrected chi connectivity index (χ1v) is 5.72. The number of hydrogen-bond acceptors (Lipinski definition) is 5. The van der Waals surface area contributed by atoms with Crippen LogP contribution in [0.4, 0.5) is 5.82 Å². The smallest absolute Gasteiger partial charge is 0.171 e. The molecule has 0 saturated heterocycles. The number of thioether (sulfide) groups is 1. The van der Waals surface area contributed by atoms with Crippen molar-refractivity contribution in [2.45, 2.75) is 6.42 Å². The van der Waals surface area contributed by atoms with Crippen LogP contribution in [0.2, 0.25) is 0 Å². The Morgan fingerprint density at radius 2 is 2.40 bits per heavy atom. The summed E-state index contributed by atoms with van der Waals surface area (Å²) in [6.45, 7) is 1.83. The van der Waals surface area contributed by atoms with Gasteiger partial charge >= 0.3 is 0 Å². The summed E-state index contributed by atoms with van der Waals surface area (Å²) < 4.78 is 0. The fourth-order valence-corrected chi connectivity index (χ4v) is 2.70. The maximum Gasteiger partial charge on any atom is 0.171 e. The van der Waals surface area contributed by atoms with E-state index in [4.69, 9.17) is 5.41 Å². The third-order valence-electron chi connectivity index (χ3n) is 2.50. The monoisotopic (exact) mass is 218 g/mol. The van der Waals surface area contributed by atoms with Gasteiger partial charge in [-0.2, -0.15) is 0 Å². The zero-order chi connectivity index (χ0) is 10.3. The summed E-state index contributed by atoms with van der Waals surface area (Å²) >= 11 is 1.43. The number of fused-ring (bicyclic) bond motifs is 3. The molecule has 2 aliphatic rings. The Hall–Kier alpha value is -1.36. The van der Waals surface area contributed by atoms with Gasteiger partial charge in [-0.3, -0.25) is 10.4 Å². The van der Waals surface area contributed by atoms with E-state index in [0.717, 1.165) is 36.1 Å². The standard InChI is InChI=1S/C10H10N4S/c11-8-7-3-1-4-12-9(7)14-6-2-5-13-10(14)15-8/h1,3-4,11H,2,5-6H2. The van der Waals surface area contributed by atoms with Crippen LogP contribution >= 0.6 is 11.8 Å². The molecular formula is C10H10N4S. The van der Waals surface area contributed by atoms with E-state index in [1.54, 1.807) is 6.20 Å². The largest absolute Gasteiger partial charge is 0.305 e. The lowest BCUT2D eigenvalue weighted by Gasteiger charge is -2.32. The van der Waals surface area contributed by atoms with Crippen LogP contribution in [0, 0.1) is 5.41 Å². The molecule has 5 heteroatoms. The predicted octanol–water partition coefficient (Wildman–Crippen LogP) is 1.72. The van der Waals surface area contributed by atoms with E-state index < -0.39 is 0 Å². The van der Waals surface area contributed by atoms with Crippen molar-refractivity contribution in [2.75, 3.05) is 18.0 Å². The Bertz CT molecular complexity index is 454. The molecule has 0 unspecified atom stereocenters. The van der Waals surface area contributed by atoms with Gasteiger partial charge in [0.2, 0.25) is 0 Å². The average molecular weight is 218 g/mol. The molecule has 0 saturated carbocycles. The molecule has 0 radical (unpaired) electrons. The van der Waals surface area contributed by atoms with E-state index in [-0.39, 0.29) is 0 Å². The van der Waals surface area contributed by atoms with Crippen LogP contribution in [0.5, 0.6) is 0 Å². The lowest BCUT2D eigenvalue weighted by molar-refractivity contribution is 0.790. The predicted molar refractivity (Wildman–Crippen MR) is 62.9 cm³/mol. The van der Waals surface area contributed by atoms with Crippen LogP contribution in [0.15, 0.2) is 23.3 Å². The number of aromatic nitrogens is 1. The van der Waals surface area contributed by atoms with Gasteiger partial charge in [0.1, 0.15) is 10.9 Å². The number of amidine groups is 1. The van der Waals surface area contributed by atoms with E-state index >= 15 is 0 Å². The fraction of sp³-hybridized carbons (Fsp3) is 0.300. The van der Waals surface area contributed by atoms with Crippen molar-refractivity contribution in [2.24, 2.45) is 4.99 Å². The Balaban J connectivity index is 2.16. The van der Waals surface area contributed by atoms with Crippen molar-refractivity contribution in [1.82, 2.24) is 4.98 Å². The van der Waals surface area contributed by atoms with Gasteiger partial charge in [-0.25, -0.2) is 4.98 Å². The summed E-state index contributed by atoms with van der Waals surface area (Å²) in [5.74, 6) is 0.889. The van der Waals surface area contributed by atoms with Crippen molar-refractivity contribution in [3.05, 3.63) is 23.9 Å².